The Morgan fingerprint density at radius 2 is 1.93 bits per heavy atom. The third-order valence-corrected chi connectivity index (χ3v) is 5.96. The zero-order valence-corrected chi connectivity index (χ0v) is 17.5. The van der Waals surface area contributed by atoms with Gasteiger partial charge in [-0.15, -0.1) is 11.3 Å². The second-order valence-corrected chi connectivity index (χ2v) is 8.27. The third kappa shape index (κ3) is 4.22. The first-order valence-corrected chi connectivity index (χ1v) is 10.5. The molecule has 2 heterocycles. The number of carbonyl (C=O) groups is 1. The lowest BCUT2D eigenvalue weighted by molar-refractivity contribution is -0.103. The van der Waals surface area contributed by atoms with Crippen LogP contribution in [0.25, 0.3) is 5.57 Å². The Bertz CT molecular complexity index is 1080. The Hall–Kier alpha value is -3.16. The third-order valence-electron chi connectivity index (χ3n) is 4.74. The molecule has 1 aliphatic heterocycles. The van der Waals surface area contributed by atoms with E-state index < -0.39 is 0 Å². The number of carbonyl (C=O) groups excluding carboxylic acids is 1. The van der Waals surface area contributed by atoms with E-state index in [0.717, 1.165) is 10.4 Å². The van der Waals surface area contributed by atoms with Gasteiger partial charge >= 0.3 is 0 Å². The maximum Gasteiger partial charge on any atom is 0.205 e. The van der Waals surface area contributed by atoms with Crippen molar-refractivity contribution in [1.29, 1.82) is 0 Å². The highest BCUT2D eigenvalue weighted by molar-refractivity contribution is 7.15. The standard InChI is InChI=1S/C22H19ClN4O2S/c23-21-24-13-19(30-21)18-12-26-22(25-11-15-7-3-1-4-8-15)27(18)20(29)17(14-28)16-9-5-2-6-10-16/h1-10,13-14,18,29H,11-12H2,(H,25,26)/b20-17-. The highest BCUT2D eigenvalue weighted by Crippen LogP contribution is 2.34. The van der Waals surface area contributed by atoms with Crippen LogP contribution in [0.15, 0.2) is 77.7 Å². The molecule has 1 fully saturated rings. The summed E-state index contributed by atoms with van der Waals surface area (Å²) in [4.78, 5) is 23.2. The van der Waals surface area contributed by atoms with E-state index in [2.05, 4.69) is 15.3 Å². The van der Waals surface area contributed by atoms with Crippen LogP contribution < -0.4 is 5.32 Å². The molecule has 8 heteroatoms. The van der Waals surface area contributed by atoms with E-state index in [1.807, 2.05) is 48.5 Å². The van der Waals surface area contributed by atoms with Crippen LogP contribution in [0.2, 0.25) is 4.47 Å². The van der Waals surface area contributed by atoms with Gasteiger partial charge in [-0.25, -0.2) is 9.98 Å². The lowest BCUT2D eigenvalue weighted by Gasteiger charge is -2.24. The maximum atomic E-state index is 11.9. The molecule has 30 heavy (non-hydrogen) atoms. The van der Waals surface area contributed by atoms with Gasteiger partial charge in [0.05, 0.1) is 23.0 Å². The van der Waals surface area contributed by atoms with Crippen LogP contribution in [-0.4, -0.2) is 33.8 Å². The molecule has 2 aromatic carbocycles. The quantitative estimate of drug-likeness (QED) is 0.338. The molecule has 6 nitrogen and oxygen atoms in total. The molecule has 1 atom stereocenters. The molecule has 0 saturated carbocycles. The van der Waals surface area contributed by atoms with Crippen LogP contribution >= 0.6 is 22.9 Å². The Kier molecular flexibility index (Phi) is 6.11. The molecular formula is C22H19ClN4O2S. The first kappa shape index (κ1) is 20.1. The fourth-order valence-electron chi connectivity index (χ4n) is 3.29. The van der Waals surface area contributed by atoms with Crippen LogP contribution in [0.4, 0.5) is 0 Å². The van der Waals surface area contributed by atoms with Crippen LogP contribution in [0.3, 0.4) is 0 Å². The van der Waals surface area contributed by atoms with Gasteiger partial charge in [0.1, 0.15) is 0 Å². The van der Waals surface area contributed by atoms with Gasteiger partial charge in [-0.3, -0.25) is 9.69 Å². The zero-order valence-electron chi connectivity index (χ0n) is 15.9. The monoisotopic (exact) mass is 438 g/mol. The molecule has 0 aliphatic carbocycles. The van der Waals surface area contributed by atoms with E-state index >= 15 is 0 Å². The first-order chi connectivity index (χ1) is 14.7. The van der Waals surface area contributed by atoms with Gasteiger partial charge < -0.3 is 10.4 Å². The minimum atomic E-state index is -0.289. The van der Waals surface area contributed by atoms with E-state index in [0.29, 0.717) is 35.4 Å². The Labute approximate surface area is 183 Å². The number of allylic oxidation sites excluding steroid dienone is 1. The van der Waals surface area contributed by atoms with Crippen molar-refractivity contribution in [3.8, 4) is 0 Å². The molecule has 1 saturated heterocycles. The fraction of sp³-hybridized carbons (Fsp3) is 0.136. The second kappa shape index (κ2) is 9.11. The highest BCUT2D eigenvalue weighted by atomic mass is 35.5. The summed E-state index contributed by atoms with van der Waals surface area (Å²) in [6, 6.07) is 18.6. The summed E-state index contributed by atoms with van der Waals surface area (Å²) in [6.45, 7) is 0.933. The molecule has 1 aromatic heterocycles. The molecule has 3 aromatic rings. The minimum Gasteiger partial charge on any atom is -0.494 e. The fourth-order valence-corrected chi connectivity index (χ4v) is 4.33. The van der Waals surface area contributed by atoms with Crippen molar-refractivity contribution in [2.75, 3.05) is 6.54 Å². The summed E-state index contributed by atoms with van der Waals surface area (Å²) in [5, 5.41) is 14.4. The predicted octanol–water partition coefficient (Wildman–Crippen LogP) is 4.42. The van der Waals surface area contributed by atoms with Crippen molar-refractivity contribution in [1.82, 2.24) is 15.2 Å². The average Bonchev–Trinajstić information content (AvgIpc) is 3.40. The molecule has 2 N–H and O–H groups in total. The summed E-state index contributed by atoms with van der Waals surface area (Å²) in [5.41, 5.74) is 1.85. The van der Waals surface area contributed by atoms with E-state index in [9.17, 15) is 9.90 Å². The number of hydrogen-bond donors (Lipinski definition) is 2. The predicted molar refractivity (Wildman–Crippen MR) is 119 cm³/mol. The highest BCUT2D eigenvalue weighted by Gasteiger charge is 2.36. The van der Waals surface area contributed by atoms with Crippen molar-refractivity contribution in [2.24, 2.45) is 4.99 Å². The average molecular weight is 439 g/mol. The Morgan fingerprint density at radius 1 is 1.23 bits per heavy atom. The number of aliphatic imine (C=N–C) groups is 1. The van der Waals surface area contributed by atoms with Gasteiger partial charge in [0.15, 0.2) is 10.8 Å². The van der Waals surface area contributed by atoms with Gasteiger partial charge in [-0.05, 0) is 11.1 Å². The number of halogens is 1. The molecule has 0 amide bonds. The summed E-state index contributed by atoms with van der Waals surface area (Å²) in [7, 11) is 0. The van der Waals surface area contributed by atoms with Crippen LogP contribution in [0.1, 0.15) is 22.0 Å². The number of benzene rings is 2. The Balaban J connectivity index is 1.75. The van der Waals surface area contributed by atoms with Gasteiger partial charge in [-0.1, -0.05) is 72.3 Å². The summed E-state index contributed by atoms with van der Waals surface area (Å²) in [5.74, 6) is 0.323. The SMILES string of the molecule is O=C/C(=C(/O)N1/C(=N/Cc2ccccc2)NCC1c1cnc(Cl)s1)c1ccccc1. The molecular weight excluding hydrogens is 420 g/mol. The largest absolute Gasteiger partial charge is 0.494 e. The number of aliphatic hydroxyl groups is 1. The van der Waals surface area contributed by atoms with Crippen molar-refractivity contribution in [2.45, 2.75) is 12.6 Å². The molecule has 0 bridgehead atoms. The number of nitrogens with one attached hydrogen (secondary N) is 1. The van der Waals surface area contributed by atoms with Gasteiger partial charge in [0, 0.05) is 12.7 Å². The van der Waals surface area contributed by atoms with Crippen LogP contribution in [-0.2, 0) is 11.3 Å². The number of rotatable bonds is 6. The zero-order chi connectivity index (χ0) is 20.9. The van der Waals surface area contributed by atoms with E-state index in [-0.39, 0.29) is 17.5 Å². The first-order valence-electron chi connectivity index (χ1n) is 9.34. The summed E-state index contributed by atoms with van der Waals surface area (Å²) in [6.07, 6.45) is 2.34. The second-order valence-electron chi connectivity index (χ2n) is 6.63. The Morgan fingerprint density at radius 3 is 2.57 bits per heavy atom. The molecule has 0 radical (unpaired) electrons. The van der Waals surface area contributed by atoms with E-state index in [4.69, 9.17) is 11.6 Å². The number of aliphatic hydroxyl groups excluding tert-OH is 1. The van der Waals surface area contributed by atoms with Crippen LogP contribution in [0, 0.1) is 0 Å². The van der Waals surface area contributed by atoms with Crippen molar-refractivity contribution < 1.29 is 9.90 Å². The van der Waals surface area contributed by atoms with Crippen molar-refractivity contribution >= 4 is 40.8 Å². The van der Waals surface area contributed by atoms with Gasteiger partial charge in [0.2, 0.25) is 11.8 Å². The topological polar surface area (TPSA) is 77.8 Å². The number of hydrogen-bond acceptors (Lipinski definition) is 5. The molecule has 1 aliphatic rings. The number of guanidine groups is 1. The van der Waals surface area contributed by atoms with Crippen molar-refractivity contribution in [3.05, 3.63) is 93.2 Å². The maximum absolute atomic E-state index is 11.9. The molecule has 4 rings (SSSR count). The van der Waals surface area contributed by atoms with Gasteiger partial charge in [-0.2, -0.15) is 0 Å². The smallest absolute Gasteiger partial charge is 0.205 e. The molecule has 0 spiro atoms. The normalized spacial score (nSPS) is 18.2. The summed E-state index contributed by atoms with van der Waals surface area (Å²) >= 11 is 7.37. The summed E-state index contributed by atoms with van der Waals surface area (Å²) < 4.78 is 0.418. The van der Waals surface area contributed by atoms with Crippen molar-refractivity contribution in [3.63, 3.8) is 0 Å². The lowest BCUT2D eigenvalue weighted by atomic mass is 10.1. The van der Waals surface area contributed by atoms with E-state index in [1.54, 1.807) is 23.2 Å². The molecule has 1 unspecified atom stereocenters. The number of aromatic nitrogens is 1. The van der Waals surface area contributed by atoms with E-state index in [1.165, 1.54) is 11.3 Å². The van der Waals surface area contributed by atoms with Gasteiger partial charge in [0.25, 0.3) is 0 Å². The number of aldehydes is 1. The lowest BCUT2D eigenvalue weighted by Crippen LogP contribution is -2.32. The molecule has 152 valence electrons. The number of thiazole rings is 1. The van der Waals surface area contributed by atoms with Crippen LogP contribution in [0.5, 0.6) is 0 Å². The minimum absolute atomic E-state index is 0.164. The number of nitrogens with zero attached hydrogens (tertiary/aromatic N) is 3.